The molecule has 0 unspecified atom stereocenters. The molecule has 6 heteroatoms. The lowest BCUT2D eigenvalue weighted by Gasteiger charge is -2.34. The number of carbonyl (C=O) groups excluding carboxylic acids is 2. The molecule has 2 N–H and O–H groups in total. The molecular weight excluding hydrogens is 364 g/mol. The lowest BCUT2D eigenvalue weighted by atomic mass is 10.2. The van der Waals surface area contributed by atoms with Crippen LogP contribution in [0.4, 0.5) is 0 Å². The zero-order valence-corrected chi connectivity index (χ0v) is 16.8. The van der Waals surface area contributed by atoms with Gasteiger partial charge in [0, 0.05) is 44.8 Å². The molecule has 0 bridgehead atoms. The number of hydrogen-bond acceptors (Lipinski definition) is 4. The van der Waals surface area contributed by atoms with Crippen LogP contribution in [0.1, 0.15) is 22.3 Å². The van der Waals surface area contributed by atoms with Crippen molar-refractivity contribution >= 4 is 11.8 Å². The Labute approximate surface area is 172 Å². The van der Waals surface area contributed by atoms with Gasteiger partial charge >= 0.3 is 0 Å². The first kappa shape index (κ1) is 21.0. The van der Waals surface area contributed by atoms with Gasteiger partial charge in [-0.1, -0.05) is 48.5 Å². The Hall–Kier alpha value is -2.70. The molecular formula is C23H30N4O2. The van der Waals surface area contributed by atoms with Crippen molar-refractivity contribution in [1.82, 2.24) is 20.4 Å². The van der Waals surface area contributed by atoms with Crippen LogP contribution in [0.2, 0.25) is 0 Å². The number of amides is 2. The molecule has 1 heterocycles. The van der Waals surface area contributed by atoms with Crippen molar-refractivity contribution in [2.45, 2.75) is 13.0 Å². The van der Waals surface area contributed by atoms with Gasteiger partial charge in [0.2, 0.25) is 5.91 Å². The number of piperazine rings is 1. The predicted octanol–water partition coefficient (Wildman–Crippen LogP) is 1.74. The second kappa shape index (κ2) is 11.3. The van der Waals surface area contributed by atoms with Crippen LogP contribution in [0, 0.1) is 0 Å². The number of benzene rings is 2. The van der Waals surface area contributed by atoms with E-state index in [9.17, 15) is 9.59 Å². The Balaban J connectivity index is 1.24. The summed E-state index contributed by atoms with van der Waals surface area (Å²) in [6, 6.07) is 19.5. The molecule has 0 radical (unpaired) electrons. The molecule has 2 aromatic rings. The minimum absolute atomic E-state index is 0.00584. The number of nitrogens with one attached hydrogen (secondary N) is 2. The molecule has 29 heavy (non-hydrogen) atoms. The maximum atomic E-state index is 11.9. The molecule has 1 aliphatic rings. The summed E-state index contributed by atoms with van der Waals surface area (Å²) in [6.45, 7) is 6.91. The van der Waals surface area contributed by atoms with Crippen LogP contribution in [0.25, 0.3) is 0 Å². The fraction of sp³-hybridized carbons (Fsp3) is 0.391. The monoisotopic (exact) mass is 394 g/mol. The maximum Gasteiger partial charge on any atom is 0.251 e. The fourth-order valence-electron chi connectivity index (χ4n) is 3.46. The van der Waals surface area contributed by atoms with E-state index in [0.29, 0.717) is 12.1 Å². The molecule has 1 fully saturated rings. The van der Waals surface area contributed by atoms with Crippen LogP contribution in [0.3, 0.4) is 0 Å². The standard InChI is InChI=1S/C23H30N4O2/c28-22(18-25-23(29)21-10-5-2-6-11-21)24-12-7-13-26-14-16-27(17-15-26)19-20-8-3-1-4-9-20/h1-6,8-11H,7,12-19H2,(H,24,28)(H,25,29). The third-order valence-electron chi connectivity index (χ3n) is 5.13. The van der Waals surface area contributed by atoms with Gasteiger partial charge in [-0.3, -0.25) is 14.5 Å². The van der Waals surface area contributed by atoms with Crippen molar-refractivity contribution in [2.24, 2.45) is 0 Å². The number of rotatable bonds is 9. The van der Waals surface area contributed by atoms with Crippen LogP contribution in [0.5, 0.6) is 0 Å². The van der Waals surface area contributed by atoms with E-state index in [1.807, 2.05) is 6.07 Å². The second-order valence-corrected chi connectivity index (χ2v) is 7.36. The van der Waals surface area contributed by atoms with E-state index in [2.05, 4.69) is 50.8 Å². The molecule has 0 aromatic heterocycles. The van der Waals surface area contributed by atoms with Crippen molar-refractivity contribution in [3.8, 4) is 0 Å². The van der Waals surface area contributed by atoms with Crippen LogP contribution in [0.15, 0.2) is 60.7 Å². The zero-order valence-electron chi connectivity index (χ0n) is 16.8. The van der Waals surface area contributed by atoms with Crippen LogP contribution >= 0.6 is 0 Å². The summed E-state index contributed by atoms with van der Waals surface area (Å²) in [6.07, 6.45) is 0.914. The maximum absolute atomic E-state index is 11.9. The second-order valence-electron chi connectivity index (χ2n) is 7.36. The molecule has 154 valence electrons. The minimum Gasteiger partial charge on any atom is -0.355 e. The van der Waals surface area contributed by atoms with Crippen molar-refractivity contribution in [3.63, 3.8) is 0 Å². The average Bonchev–Trinajstić information content (AvgIpc) is 2.77. The van der Waals surface area contributed by atoms with Gasteiger partial charge in [0.15, 0.2) is 0 Å². The lowest BCUT2D eigenvalue weighted by Crippen LogP contribution is -2.46. The average molecular weight is 395 g/mol. The minimum atomic E-state index is -0.228. The molecule has 0 spiro atoms. The van der Waals surface area contributed by atoms with Gasteiger partial charge in [-0.15, -0.1) is 0 Å². The summed E-state index contributed by atoms with van der Waals surface area (Å²) >= 11 is 0. The molecule has 1 aliphatic heterocycles. The number of carbonyl (C=O) groups is 2. The molecule has 0 aliphatic carbocycles. The van der Waals surface area contributed by atoms with Crippen LogP contribution < -0.4 is 10.6 Å². The van der Waals surface area contributed by atoms with Crippen LogP contribution in [-0.2, 0) is 11.3 Å². The zero-order chi connectivity index (χ0) is 20.3. The third kappa shape index (κ3) is 7.33. The van der Waals surface area contributed by atoms with Crippen LogP contribution in [-0.4, -0.2) is 67.4 Å². The van der Waals surface area contributed by atoms with Crippen molar-refractivity contribution in [3.05, 3.63) is 71.8 Å². The third-order valence-corrected chi connectivity index (χ3v) is 5.13. The summed E-state index contributed by atoms with van der Waals surface area (Å²) in [5.41, 5.74) is 1.93. The Morgan fingerprint density at radius 2 is 1.41 bits per heavy atom. The number of hydrogen-bond donors (Lipinski definition) is 2. The topological polar surface area (TPSA) is 64.7 Å². The lowest BCUT2D eigenvalue weighted by molar-refractivity contribution is -0.120. The van der Waals surface area contributed by atoms with Crippen molar-refractivity contribution in [2.75, 3.05) is 45.8 Å². The van der Waals surface area contributed by atoms with Gasteiger partial charge < -0.3 is 15.5 Å². The van der Waals surface area contributed by atoms with E-state index in [4.69, 9.17) is 0 Å². The Kier molecular flexibility index (Phi) is 8.22. The Bertz CT molecular complexity index is 759. The molecule has 0 atom stereocenters. The van der Waals surface area contributed by atoms with E-state index in [1.54, 1.807) is 24.3 Å². The first-order chi connectivity index (χ1) is 14.2. The summed E-state index contributed by atoms with van der Waals surface area (Å²) in [5.74, 6) is -0.379. The largest absolute Gasteiger partial charge is 0.355 e. The van der Waals surface area contributed by atoms with Gasteiger partial charge in [-0.05, 0) is 30.7 Å². The quantitative estimate of drug-likeness (QED) is 0.636. The van der Waals surface area contributed by atoms with Gasteiger partial charge in [0.1, 0.15) is 0 Å². The highest BCUT2D eigenvalue weighted by molar-refractivity contribution is 5.96. The first-order valence-corrected chi connectivity index (χ1v) is 10.3. The van der Waals surface area contributed by atoms with Gasteiger partial charge in [-0.2, -0.15) is 0 Å². The predicted molar refractivity (Wildman–Crippen MR) is 115 cm³/mol. The van der Waals surface area contributed by atoms with Crippen molar-refractivity contribution < 1.29 is 9.59 Å². The summed E-state index contributed by atoms with van der Waals surface area (Å²) < 4.78 is 0. The molecule has 6 nitrogen and oxygen atoms in total. The molecule has 1 saturated heterocycles. The van der Waals surface area contributed by atoms with E-state index in [0.717, 1.165) is 45.7 Å². The van der Waals surface area contributed by atoms with E-state index in [-0.39, 0.29) is 18.4 Å². The highest BCUT2D eigenvalue weighted by atomic mass is 16.2. The van der Waals surface area contributed by atoms with Gasteiger partial charge in [0.25, 0.3) is 5.91 Å². The van der Waals surface area contributed by atoms with E-state index >= 15 is 0 Å². The molecule has 2 amide bonds. The van der Waals surface area contributed by atoms with E-state index < -0.39 is 0 Å². The Morgan fingerprint density at radius 1 is 0.793 bits per heavy atom. The van der Waals surface area contributed by atoms with E-state index in [1.165, 1.54) is 5.56 Å². The normalized spacial score (nSPS) is 15.0. The molecule has 0 saturated carbocycles. The smallest absolute Gasteiger partial charge is 0.251 e. The summed E-state index contributed by atoms with van der Waals surface area (Å²) in [7, 11) is 0. The van der Waals surface area contributed by atoms with Gasteiger partial charge in [-0.25, -0.2) is 0 Å². The number of nitrogens with zero attached hydrogens (tertiary/aromatic N) is 2. The SMILES string of the molecule is O=C(CNC(=O)c1ccccc1)NCCCN1CCN(Cc2ccccc2)CC1. The highest BCUT2D eigenvalue weighted by Crippen LogP contribution is 2.08. The highest BCUT2D eigenvalue weighted by Gasteiger charge is 2.16. The molecule has 2 aromatic carbocycles. The first-order valence-electron chi connectivity index (χ1n) is 10.3. The summed E-state index contributed by atoms with van der Waals surface area (Å²) in [5, 5.41) is 5.53. The Morgan fingerprint density at radius 3 is 2.10 bits per heavy atom. The fourth-order valence-corrected chi connectivity index (χ4v) is 3.46. The van der Waals surface area contributed by atoms with Crippen molar-refractivity contribution in [1.29, 1.82) is 0 Å². The van der Waals surface area contributed by atoms with Gasteiger partial charge in [0.05, 0.1) is 6.54 Å². The molecule has 3 rings (SSSR count). The summed E-state index contributed by atoms with van der Waals surface area (Å²) in [4.78, 5) is 28.8.